The first-order valence-electron chi connectivity index (χ1n) is 4.93. The van der Waals surface area contributed by atoms with Crippen LogP contribution < -0.4 is 14.2 Å². The lowest BCUT2D eigenvalue weighted by Gasteiger charge is -2.06. The third-order valence-corrected chi connectivity index (χ3v) is 1.96. The van der Waals surface area contributed by atoms with Crippen LogP contribution in [-0.4, -0.2) is 24.2 Å². The fraction of sp³-hybridized carbons (Fsp3) is 0.167. The molecule has 87 valence electrons. The van der Waals surface area contributed by atoms with Gasteiger partial charge in [-0.3, -0.25) is 0 Å². The van der Waals surface area contributed by atoms with Crippen molar-refractivity contribution in [3.8, 4) is 23.5 Å². The zero-order chi connectivity index (χ0) is 12.1. The van der Waals surface area contributed by atoms with Crippen LogP contribution in [0.25, 0.3) is 0 Å². The predicted octanol–water partition coefficient (Wildman–Crippen LogP) is 2.09. The smallest absolute Gasteiger partial charge is 0.328 e. The van der Waals surface area contributed by atoms with E-state index in [-0.39, 0.29) is 6.01 Å². The van der Waals surface area contributed by atoms with Gasteiger partial charge in [-0.25, -0.2) is 0 Å². The first-order chi connectivity index (χ1) is 8.31. The summed E-state index contributed by atoms with van der Waals surface area (Å²) in [4.78, 5) is 8.09. The van der Waals surface area contributed by atoms with Crippen LogP contribution in [0.3, 0.4) is 0 Å². The normalized spacial score (nSPS) is 9.76. The lowest BCUT2D eigenvalue weighted by Crippen LogP contribution is -1.97. The Balaban J connectivity index is 2.26. The predicted molar refractivity (Wildman–Crippen MR) is 60.5 cm³/mol. The van der Waals surface area contributed by atoms with Crippen molar-refractivity contribution < 1.29 is 14.2 Å². The maximum absolute atomic E-state index is 5.45. The van der Waals surface area contributed by atoms with Crippen LogP contribution in [0.15, 0.2) is 30.3 Å². The molecule has 0 fully saturated rings. The molecule has 0 bridgehead atoms. The van der Waals surface area contributed by atoms with E-state index in [2.05, 4.69) is 16.0 Å². The van der Waals surface area contributed by atoms with E-state index in [1.807, 2.05) is 6.07 Å². The number of ether oxygens (including phenoxy) is 3. The van der Waals surface area contributed by atoms with E-state index in [0.717, 1.165) is 0 Å². The molecular formula is C12H11N2O3. The molecule has 0 amide bonds. The average molecular weight is 231 g/mol. The zero-order valence-corrected chi connectivity index (χ0v) is 9.51. The molecule has 0 unspecified atom stereocenters. The molecule has 1 heterocycles. The van der Waals surface area contributed by atoms with E-state index in [0.29, 0.717) is 17.5 Å². The summed E-state index contributed by atoms with van der Waals surface area (Å²) >= 11 is 0. The van der Waals surface area contributed by atoms with Gasteiger partial charge in [-0.2, -0.15) is 9.97 Å². The summed E-state index contributed by atoms with van der Waals surface area (Å²) in [5.41, 5.74) is 0. The summed E-state index contributed by atoms with van der Waals surface area (Å²) in [5.74, 6) is 1.36. The van der Waals surface area contributed by atoms with Crippen LogP contribution in [-0.2, 0) is 0 Å². The van der Waals surface area contributed by atoms with Crippen LogP contribution in [0.5, 0.6) is 23.5 Å². The topological polar surface area (TPSA) is 53.5 Å². The average Bonchev–Trinajstić information content (AvgIpc) is 2.39. The Morgan fingerprint density at radius 2 is 1.82 bits per heavy atom. The fourth-order valence-corrected chi connectivity index (χ4v) is 1.18. The second-order valence-corrected chi connectivity index (χ2v) is 3.08. The van der Waals surface area contributed by atoms with Crippen LogP contribution in [0.1, 0.15) is 0 Å². The van der Waals surface area contributed by atoms with Gasteiger partial charge in [0.25, 0.3) is 0 Å². The summed E-state index contributed by atoms with van der Waals surface area (Å²) in [5, 5.41) is 0. The Hall–Kier alpha value is -2.30. The number of rotatable bonds is 4. The van der Waals surface area contributed by atoms with Crippen LogP contribution in [0.2, 0.25) is 0 Å². The number of methoxy groups -OCH3 is 2. The summed E-state index contributed by atoms with van der Waals surface area (Å²) < 4.78 is 15.5. The highest BCUT2D eigenvalue weighted by molar-refractivity contribution is 5.27. The summed E-state index contributed by atoms with van der Waals surface area (Å²) in [6, 6.07) is 11.7. The fourth-order valence-electron chi connectivity index (χ4n) is 1.18. The largest absolute Gasteiger partial charge is 0.481 e. The highest BCUT2D eigenvalue weighted by Crippen LogP contribution is 2.22. The van der Waals surface area contributed by atoms with Crippen molar-refractivity contribution in [2.45, 2.75) is 0 Å². The zero-order valence-electron chi connectivity index (χ0n) is 9.51. The molecule has 0 saturated heterocycles. The third-order valence-electron chi connectivity index (χ3n) is 1.96. The van der Waals surface area contributed by atoms with Crippen LogP contribution >= 0.6 is 0 Å². The molecule has 0 saturated carbocycles. The highest BCUT2D eigenvalue weighted by Gasteiger charge is 2.07. The standard InChI is InChI=1S/C12H11N2O3/c1-15-10-8-11(16-2)14-12(13-10)17-9-6-4-3-5-7-9/h3-4,6-8H,1-2H3. The Bertz CT molecular complexity index is 466. The van der Waals surface area contributed by atoms with Crippen molar-refractivity contribution in [1.82, 2.24) is 9.97 Å². The molecule has 1 aromatic carbocycles. The van der Waals surface area contributed by atoms with Gasteiger partial charge in [-0.05, 0) is 18.2 Å². The van der Waals surface area contributed by atoms with Crippen LogP contribution in [0.4, 0.5) is 0 Å². The van der Waals surface area contributed by atoms with Crippen molar-refractivity contribution in [1.29, 1.82) is 0 Å². The second-order valence-electron chi connectivity index (χ2n) is 3.08. The molecule has 17 heavy (non-hydrogen) atoms. The molecule has 2 rings (SSSR count). The van der Waals surface area contributed by atoms with Crippen molar-refractivity contribution in [2.75, 3.05) is 14.2 Å². The molecule has 0 spiro atoms. The molecule has 0 atom stereocenters. The van der Waals surface area contributed by atoms with Crippen molar-refractivity contribution in [2.24, 2.45) is 0 Å². The van der Waals surface area contributed by atoms with E-state index >= 15 is 0 Å². The molecule has 5 nitrogen and oxygen atoms in total. The van der Waals surface area contributed by atoms with E-state index in [9.17, 15) is 0 Å². The molecule has 1 radical (unpaired) electrons. The van der Waals surface area contributed by atoms with Gasteiger partial charge in [0.15, 0.2) is 0 Å². The quantitative estimate of drug-likeness (QED) is 0.806. The minimum absolute atomic E-state index is 0.167. The number of benzene rings is 1. The molecule has 0 aliphatic heterocycles. The SMILES string of the molecule is COc1cc(OC)nc(Oc2c[c]ccc2)n1. The van der Waals surface area contributed by atoms with Gasteiger partial charge in [0.05, 0.1) is 20.3 Å². The minimum Gasteiger partial charge on any atom is -0.481 e. The Labute approximate surface area is 99.0 Å². The van der Waals surface area contributed by atoms with E-state index in [4.69, 9.17) is 14.2 Å². The van der Waals surface area contributed by atoms with Gasteiger partial charge in [-0.1, -0.05) is 12.1 Å². The number of hydrogen-bond acceptors (Lipinski definition) is 5. The maximum atomic E-state index is 5.45. The Morgan fingerprint density at radius 3 is 2.35 bits per heavy atom. The summed E-state index contributed by atoms with van der Waals surface area (Å²) in [6.07, 6.45) is 0. The van der Waals surface area contributed by atoms with Gasteiger partial charge in [-0.15, -0.1) is 0 Å². The van der Waals surface area contributed by atoms with Gasteiger partial charge in [0, 0.05) is 0 Å². The molecule has 0 aliphatic carbocycles. The molecule has 0 aliphatic rings. The van der Waals surface area contributed by atoms with Gasteiger partial charge in [0.2, 0.25) is 11.8 Å². The lowest BCUT2D eigenvalue weighted by molar-refractivity contribution is 0.348. The van der Waals surface area contributed by atoms with Crippen molar-refractivity contribution in [3.63, 3.8) is 0 Å². The molecule has 1 aromatic heterocycles. The Morgan fingerprint density at radius 1 is 1.12 bits per heavy atom. The second kappa shape index (κ2) is 5.16. The summed E-state index contributed by atoms with van der Waals surface area (Å²) in [7, 11) is 3.03. The molecule has 0 N–H and O–H groups in total. The maximum Gasteiger partial charge on any atom is 0.328 e. The Kier molecular flexibility index (Phi) is 3.40. The first kappa shape index (κ1) is 11.2. The minimum atomic E-state index is 0.167. The van der Waals surface area contributed by atoms with Crippen molar-refractivity contribution in [3.05, 3.63) is 36.4 Å². The first-order valence-corrected chi connectivity index (χ1v) is 4.93. The number of nitrogens with zero attached hydrogens (tertiary/aromatic N) is 2. The van der Waals surface area contributed by atoms with Crippen molar-refractivity contribution >= 4 is 0 Å². The third kappa shape index (κ3) is 2.84. The molecule has 2 aromatic rings. The summed E-state index contributed by atoms with van der Waals surface area (Å²) in [6.45, 7) is 0. The lowest BCUT2D eigenvalue weighted by atomic mass is 10.3. The van der Waals surface area contributed by atoms with Gasteiger partial charge in [0.1, 0.15) is 5.75 Å². The van der Waals surface area contributed by atoms with E-state index in [1.165, 1.54) is 14.2 Å². The number of hydrogen-bond donors (Lipinski definition) is 0. The number of aromatic nitrogens is 2. The highest BCUT2D eigenvalue weighted by atomic mass is 16.5. The van der Waals surface area contributed by atoms with E-state index in [1.54, 1.807) is 24.3 Å². The van der Waals surface area contributed by atoms with Crippen LogP contribution in [0, 0.1) is 6.07 Å². The molecular weight excluding hydrogens is 220 g/mol. The van der Waals surface area contributed by atoms with Gasteiger partial charge < -0.3 is 14.2 Å². The van der Waals surface area contributed by atoms with E-state index < -0.39 is 0 Å². The van der Waals surface area contributed by atoms with Gasteiger partial charge >= 0.3 is 6.01 Å². The monoisotopic (exact) mass is 231 g/mol. The molecule has 5 heteroatoms.